The Kier molecular flexibility index (Phi) is 5.58. The predicted octanol–water partition coefficient (Wildman–Crippen LogP) is 3.11. The summed E-state index contributed by atoms with van der Waals surface area (Å²) < 4.78 is 5.57. The fourth-order valence-electron chi connectivity index (χ4n) is 3.04. The van der Waals surface area contributed by atoms with Gasteiger partial charge in [0.15, 0.2) is 0 Å². The van der Waals surface area contributed by atoms with E-state index in [2.05, 4.69) is 22.4 Å². The van der Waals surface area contributed by atoms with Crippen molar-refractivity contribution in [3.05, 3.63) is 42.1 Å². The van der Waals surface area contributed by atoms with Crippen molar-refractivity contribution in [3.8, 4) is 11.3 Å². The lowest BCUT2D eigenvalue weighted by Gasteiger charge is -2.36. The van der Waals surface area contributed by atoms with Gasteiger partial charge in [-0.2, -0.15) is 16.9 Å². The van der Waals surface area contributed by atoms with Gasteiger partial charge in [0.05, 0.1) is 17.5 Å². The average molecular weight is 345 g/mol. The van der Waals surface area contributed by atoms with Crippen LogP contribution in [0.5, 0.6) is 0 Å². The van der Waals surface area contributed by atoms with E-state index in [9.17, 15) is 4.79 Å². The van der Waals surface area contributed by atoms with Crippen molar-refractivity contribution in [2.24, 2.45) is 0 Å². The highest BCUT2D eigenvalue weighted by molar-refractivity contribution is 8.00. The Bertz CT molecular complexity index is 660. The minimum Gasteiger partial charge on any atom is -0.381 e. The van der Waals surface area contributed by atoms with Crippen molar-refractivity contribution in [2.45, 2.75) is 24.5 Å². The minimum atomic E-state index is -0.0785. The van der Waals surface area contributed by atoms with Crippen LogP contribution < -0.4 is 5.32 Å². The number of rotatable bonds is 6. The third-order valence-corrected chi connectivity index (χ3v) is 5.83. The molecule has 1 amide bonds. The number of hydrogen-bond acceptors (Lipinski definition) is 4. The summed E-state index contributed by atoms with van der Waals surface area (Å²) in [5, 5.41) is 10.1. The molecule has 2 aromatic rings. The maximum atomic E-state index is 12.7. The fourth-order valence-corrected chi connectivity index (χ4v) is 4.28. The van der Waals surface area contributed by atoms with Crippen LogP contribution in [-0.2, 0) is 4.74 Å². The first kappa shape index (κ1) is 17.0. The van der Waals surface area contributed by atoms with Gasteiger partial charge in [-0.3, -0.25) is 9.89 Å². The molecule has 0 unspecified atom stereocenters. The van der Waals surface area contributed by atoms with E-state index < -0.39 is 0 Å². The molecule has 0 spiro atoms. The van der Waals surface area contributed by atoms with Crippen LogP contribution >= 0.6 is 11.8 Å². The molecule has 1 aliphatic rings. The van der Waals surface area contributed by atoms with Gasteiger partial charge in [0.2, 0.25) is 0 Å². The molecule has 1 aromatic heterocycles. The van der Waals surface area contributed by atoms with Gasteiger partial charge >= 0.3 is 0 Å². The van der Waals surface area contributed by atoms with E-state index in [-0.39, 0.29) is 10.7 Å². The van der Waals surface area contributed by atoms with E-state index in [1.807, 2.05) is 42.1 Å². The van der Waals surface area contributed by atoms with Gasteiger partial charge in [-0.1, -0.05) is 37.3 Å². The second kappa shape index (κ2) is 7.85. The summed E-state index contributed by atoms with van der Waals surface area (Å²) in [6, 6.07) is 9.80. The molecule has 3 rings (SSSR count). The Labute approximate surface area is 146 Å². The number of nitrogens with one attached hydrogen (secondary N) is 2. The topological polar surface area (TPSA) is 67.0 Å². The molecule has 1 aromatic carbocycles. The molecule has 2 N–H and O–H groups in total. The van der Waals surface area contributed by atoms with E-state index in [0.29, 0.717) is 12.1 Å². The predicted molar refractivity (Wildman–Crippen MR) is 97.3 cm³/mol. The lowest BCUT2D eigenvalue weighted by Crippen LogP contribution is -2.44. The SMILES string of the molecule is CCSC1(CNC(=O)c2cn[nH]c2-c2ccccc2)CCOCC1. The second-order valence-corrected chi connectivity index (χ2v) is 7.67. The van der Waals surface area contributed by atoms with E-state index in [0.717, 1.165) is 43.1 Å². The molecule has 24 heavy (non-hydrogen) atoms. The summed E-state index contributed by atoms with van der Waals surface area (Å²) >= 11 is 1.92. The summed E-state index contributed by atoms with van der Waals surface area (Å²) in [7, 11) is 0. The van der Waals surface area contributed by atoms with Crippen LogP contribution in [0.4, 0.5) is 0 Å². The molecule has 0 radical (unpaired) electrons. The van der Waals surface area contributed by atoms with Crippen molar-refractivity contribution < 1.29 is 9.53 Å². The molecule has 2 heterocycles. The number of benzene rings is 1. The van der Waals surface area contributed by atoms with Crippen LogP contribution in [0.3, 0.4) is 0 Å². The molecule has 0 aliphatic carbocycles. The van der Waals surface area contributed by atoms with Crippen molar-refractivity contribution in [3.63, 3.8) is 0 Å². The number of nitrogens with zero attached hydrogens (tertiary/aromatic N) is 1. The number of hydrogen-bond donors (Lipinski definition) is 2. The summed E-state index contributed by atoms with van der Waals surface area (Å²) in [6.45, 7) is 4.36. The number of ether oxygens (including phenoxy) is 1. The van der Waals surface area contributed by atoms with Gasteiger partial charge in [-0.15, -0.1) is 0 Å². The first-order valence-corrected chi connectivity index (χ1v) is 9.31. The summed E-state index contributed by atoms with van der Waals surface area (Å²) in [6.07, 6.45) is 3.55. The third-order valence-electron chi connectivity index (χ3n) is 4.37. The Balaban J connectivity index is 1.70. The number of H-pyrrole nitrogens is 1. The lowest BCUT2D eigenvalue weighted by atomic mass is 9.98. The maximum absolute atomic E-state index is 12.7. The van der Waals surface area contributed by atoms with E-state index in [1.165, 1.54) is 0 Å². The van der Waals surface area contributed by atoms with Crippen molar-refractivity contribution in [2.75, 3.05) is 25.5 Å². The van der Waals surface area contributed by atoms with Crippen LogP contribution in [0, 0.1) is 0 Å². The minimum absolute atomic E-state index is 0.0785. The molecule has 6 heteroatoms. The quantitative estimate of drug-likeness (QED) is 0.844. The number of aromatic amines is 1. The van der Waals surface area contributed by atoms with E-state index >= 15 is 0 Å². The fraction of sp³-hybridized carbons (Fsp3) is 0.444. The molecule has 1 saturated heterocycles. The normalized spacial score (nSPS) is 16.7. The lowest BCUT2D eigenvalue weighted by molar-refractivity contribution is 0.0741. The first-order valence-electron chi connectivity index (χ1n) is 8.33. The average Bonchev–Trinajstić information content (AvgIpc) is 3.11. The van der Waals surface area contributed by atoms with Crippen molar-refractivity contribution in [1.82, 2.24) is 15.5 Å². The molecule has 0 bridgehead atoms. The molecular formula is C18H23N3O2S. The standard InChI is InChI=1S/C18H23N3O2S/c1-2-24-18(8-10-23-11-9-18)13-19-17(22)15-12-20-21-16(15)14-6-4-3-5-7-14/h3-7,12H,2,8-11,13H2,1H3,(H,19,22)(H,20,21). The van der Waals surface area contributed by atoms with Gasteiger partial charge in [0.1, 0.15) is 0 Å². The number of aromatic nitrogens is 2. The van der Waals surface area contributed by atoms with Crippen LogP contribution in [0.1, 0.15) is 30.1 Å². The van der Waals surface area contributed by atoms with E-state index in [1.54, 1.807) is 6.20 Å². The number of thioether (sulfide) groups is 1. The maximum Gasteiger partial charge on any atom is 0.255 e. The summed E-state index contributed by atoms with van der Waals surface area (Å²) in [5.74, 6) is 0.960. The first-order chi connectivity index (χ1) is 11.7. The van der Waals surface area contributed by atoms with Crippen LogP contribution in [0.15, 0.2) is 36.5 Å². The highest BCUT2D eigenvalue weighted by atomic mass is 32.2. The number of carbonyl (C=O) groups excluding carboxylic acids is 1. The van der Waals surface area contributed by atoms with Crippen LogP contribution in [0.25, 0.3) is 11.3 Å². The molecular weight excluding hydrogens is 322 g/mol. The molecule has 1 aliphatic heterocycles. The monoisotopic (exact) mass is 345 g/mol. The smallest absolute Gasteiger partial charge is 0.255 e. The third kappa shape index (κ3) is 3.82. The Morgan fingerprint density at radius 2 is 2.08 bits per heavy atom. The molecule has 1 fully saturated rings. The van der Waals surface area contributed by atoms with Crippen LogP contribution in [0.2, 0.25) is 0 Å². The van der Waals surface area contributed by atoms with E-state index in [4.69, 9.17) is 4.74 Å². The molecule has 0 saturated carbocycles. The highest BCUT2D eigenvalue weighted by Crippen LogP contribution is 2.35. The van der Waals surface area contributed by atoms with Crippen molar-refractivity contribution >= 4 is 17.7 Å². The Hall–Kier alpha value is -1.79. The number of carbonyl (C=O) groups is 1. The van der Waals surface area contributed by atoms with Gasteiger partial charge < -0.3 is 10.1 Å². The zero-order chi connectivity index (χ0) is 16.8. The van der Waals surface area contributed by atoms with Gasteiger partial charge in [0, 0.05) is 30.1 Å². The van der Waals surface area contributed by atoms with Gasteiger partial charge in [-0.05, 0) is 18.6 Å². The summed E-state index contributed by atoms with van der Waals surface area (Å²) in [5.41, 5.74) is 2.31. The van der Waals surface area contributed by atoms with Gasteiger partial charge in [-0.25, -0.2) is 0 Å². The highest BCUT2D eigenvalue weighted by Gasteiger charge is 2.33. The van der Waals surface area contributed by atoms with Crippen LogP contribution in [-0.4, -0.2) is 46.4 Å². The zero-order valence-corrected chi connectivity index (χ0v) is 14.7. The molecule has 128 valence electrons. The number of amides is 1. The molecule has 0 atom stereocenters. The summed E-state index contributed by atoms with van der Waals surface area (Å²) in [4.78, 5) is 12.7. The Morgan fingerprint density at radius 1 is 1.33 bits per heavy atom. The Morgan fingerprint density at radius 3 is 2.79 bits per heavy atom. The second-order valence-electron chi connectivity index (χ2n) is 5.94. The van der Waals surface area contributed by atoms with Crippen molar-refractivity contribution in [1.29, 1.82) is 0 Å². The zero-order valence-electron chi connectivity index (χ0n) is 13.9. The van der Waals surface area contributed by atoms with Gasteiger partial charge in [0.25, 0.3) is 5.91 Å². The largest absolute Gasteiger partial charge is 0.381 e. The molecule has 5 nitrogen and oxygen atoms in total.